The van der Waals surface area contributed by atoms with E-state index in [1.165, 1.54) is 18.2 Å². The van der Waals surface area contributed by atoms with Gasteiger partial charge in [-0.1, -0.05) is 12.1 Å². The number of thiazole rings is 1. The van der Waals surface area contributed by atoms with Gasteiger partial charge < -0.3 is 4.90 Å². The second-order valence-corrected chi connectivity index (χ2v) is 7.88. The van der Waals surface area contributed by atoms with E-state index in [9.17, 15) is 12.8 Å². The maximum atomic E-state index is 13.1. The van der Waals surface area contributed by atoms with Crippen LogP contribution >= 0.6 is 11.3 Å². The Bertz CT molecular complexity index is 734. The van der Waals surface area contributed by atoms with Gasteiger partial charge >= 0.3 is 0 Å². The Morgan fingerprint density at radius 1 is 1.45 bits per heavy atom. The van der Waals surface area contributed by atoms with Gasteiger partial charge in [-0.05, 0) is 24.1 Å². The average Bonchev–Trinajstić information content (AvgIpc) is 3.07. The van der Waals surface area contributed by atoms with Gasteiger partial charge in [-0.15, -0.1) is 11.3 Å². The van der Waals surface area contributed by atoms with E-state index in [4.69, 9.17) is 0 Å². The van der Waals surface area contributed by atoms with Crippen molar-refractivity contribution < 1.29 is 12.8 Å². The Morgan fingerprint density at radius 3 is 3.05 bits per heavy atom. The number of hydrogen-bond donors (Lipinski definition) is 1. The van der Waals surface area contributed by atoms with Gasteiger partial charge in [0.2, 0.25) is 10.0 Å². The highest BCUT2D eigenvalue weighted by Gasteiger charge is 2.27. The lowest BCUT2D eigenvalue weighted by Gasteiger charge is -2.16. The Hall–Kier alpha value is -1.51. The molecule has 1 fully saturated rings. The van der Waals surface area contributed by atoms with Crippen molar-refractivity contribution in [3.05, 3.63) is 47.2 Å². The third-order valence-electron chi connectivity index (χ3n) is 3.47. The van der Waals surface area contributed by atoms with Crippen molar-refractivity contribution in [1.29, 1.82) is 0 Å². The van der Waals surface area contributed by atoms with Crippen LogP contribution in [-0.4, -0.2) is 32.5 Å². The smallest absolute Gasteiger partial charge is 0.216 e. The van der Waals surface area contributed by atoms with E-state index in [2.05, 4.69) is 14.6 Å². The van der Waals surface area contributed by atoms with Gasteiger partial charge in [0, 0.05) is 30.7 Å². The number of sulfonamides is 1. The van der Waals surface area contributed by atoms with Crippen molar-refractivity contribution in [1.82, 2.24) is 9.71 Å². The molecule has 0 radical (unpaired) electrons. The van der Waals surface area contributed by atoms with Crippen LogP contribution in [0, 0.1) is 5.82 Å². The summed E-state index contributed by atoms with van der Waals surface area (Å²) in [6.07, 6.45) is 2.48. The molecule has 1 atom stereocenters. The highest BCUT2D eigenvalue weighted by molar-refractivity contribution is 7.88. The summed E-state index contributed by atoms with van der Waals surface area (Å²) in [6, 6.07) is 5.53. The summed E-state index contributed by atoms with van der Waals surface area (Å²) < 4.78 is 40.2. The lowest BCUT2D eigenvalue weighted by atomic mass is 10.2. The molecule has 1 aliphatic rings. The summed E-state index contributed by atoms with van der Waals surface area (Å²) in [5, 5.41) is 2.81. The zero-order valence-corrected chi connectivity index (χ0v) is 13.4. The normalized spacial score (nSPS) is 18.8. The predicted octanol–water partition coefficient (Wildman–Crippen LogP) is 1.98. The molecule has 1 aromatic carbocycles. The van der Waals surface area contributed by atoms with Gasteiger partial charge in [0.25, 0.3) is 0 Å². The molecule has 22 heavy (non-hydrogen) atoms. The molecule has 1 saturated heterocycles. The molecule has 1 N–H and O–H groups in total. The van der Waals surface area contributed by atoms with Crippen LogP contribution < -0.4 is 9.62 Å². The molecule has 0 spiro atoms. The van der Waals surface area contributed by atoms with Gasteiger partial charge in [0.1, 0.15) is 5.82 Å². The first kappa shape index (κ1) is 15.4. The molecule has 0 amide bonds. The maximum absolute atomic E-state index is 13.1. The van der Waals surface area contributed by atoms with Crippen LogP contribution in [0.4, 0.5) is 9.52 Å². The number of hydrogen-bond acceptors (Lipinski definition) is 5. The van der Waals surface area contributed by atoms with E-state index in [1.54, 1.807) is 23.6 Å². The largest absolute Gasteiger partial charge is 0.346 e. The fourth-order valence-corrected chi connectivity index (χ4v) is 4.63. The fraction of sp³-hybridized carbons (Fsp3) is 0.357. The molecule has 3 rings (SSSR count). The monoisotopic (exact) mass is 341 g/mol. The first-order valence-corrected chi connectivity index (χ1v) is 9.44. The van der Waals surface area contributed by atoms with Crippen molar-refractivity contribution in [3.63, 3.8) is 0 Å². The van der Waals surface area contributed by atoms with E-state index in [-0.39, 0.29) is 11.8 Å². The number of benzene rings is 1. The number of anilines is 1. The molecule has 0 saturated carbocycles. The lowest BCUT2D eigenvalue weighted by Crippen LogP contribution is -2.37. The number of aromatic nitrogens is 1. The van der Waals surface area contributed by atoms with Crippen LogP contribution in [0.1, 0.15) is 12.0 Å². The number of nitrogens with zero attached hydrogens (tertiary/aromatic N) is 2. The molecule has 1 aromatic heterocycles. The Kier molecular flexibility index (Phi) is 4.42. The Morgan fingerprint density at radius 2 is 2.32 bits per heavy atom. The maximum Gasteiger partial charge on any atom is 0.216 e. The first-order valence-electron chi connectivity index (χ1n) is 6.91. The quantitative estimate of drug-likeness (QED) is 0.903. The fourth-order valence-electron chi connectivity index (χ4n) is 2.54. The van der Waals surface area contributed by atoms with Crippen LogP contribution in [0.3, 0.4) is 0 Å². The Balaban J connectivity index is 1.60. The zero-order valence-electron chi connectivity index (χ0n) is 11.8. The molecule has 2 heterocycles. The predicted molar refractivity (Wildman–Crippen MR) is 84.9 cm³/mol. The standard InChI is InChI=1S/C14H16FN3O2S2/c15-12-3-1-2-11(8-12)10-22(19,20)17-13-4-6-18(9-13)14-16-5-7-21-14/h1-3,5,7-8,13,17H,4,6,9-10H2/t13-/m1/s1. The molecule has 5 nitrogen and oxygen atoms in total. The summed E-state index contributed by atoms with van der Waals surface area (Å²) in [6.45, 7) is 1.39. The third-order valence-corrected chi connectivity index (χ3v) is 5.71. The van der Waals surface area contributed by atoms with E-state index in [0.29, 0.717) is 12.1 Å². The average molecular weight is 341 g/mol. The highest BCUT2D eigenvalue weighted by Crippen LogP contribution is 2.22. The molecule has 0 bridgehead atoms. The summed E-state index contributed by atoms with van der Waals surface area (Å²) in [5.74, 6) is -0.637. The molecule has 8 heteroatoms. The van der Waals surface area contributed by atoms with Crippen molar-refractivity contribution in [2.24, 2.45) is 0 Å². The van der Waals surface area contributed by atoms with Gasteiger partial charge in [-0.25, -0.2) is 22.5 Å². The zero-order chi connectivity index (χ0) is 15.6. The van der Waals surface area contributed by atoms with Crippen molar-refractivity contribution in [3.8, 4) is 0 Å². The van der Waals surface area contributed by atoms with Crippen molar-refractivity contribution in [2.45, 2.75) is 18.2 Å². The molecule has 1 aliphatic heterocycles. The third kappa shape index (κ3) is 3.82. The van der Waals surface area contributed by atoms with E-state index >= 15 is 0 Å². The van der Waals surface area contributed by atoms with Gasteiger partial charge in [0.15, 0.2) is 5.13 Å². The van der Waals surface area contributed by atoms with E-state index in [1.807, 2.05) is 5.38 Å². The molecular weight excluding hydrogens is 325 g/mol. The van der Waals surface area contributed by atoms with Crippen LogP contribution in [0.5, 0.6) is 0 Å². The molecular formula is C14H16FN3O2S2. The van der Waals surface area contributed by atoms with Gasteiger partial charge in [-0.3, -0.25) is 0 Å². The molecule has 2 aromatic rings. The second-order valence-electron chi connectivity index (χ2n) is 5.25. The van der Waals surface area contributed by atoms with E-state index in [0.717, 1.165) is 18.1 Å². The second kappa shape index (κ2) is 6.31. The number of halogens is 1. The minimum atomic E-state index is -3.49. The minimum Gasteiger partial charge on any atom is -0.346 e. The van der Waals surface area contributed by atoms with Crippen LogP contribution in [-0.2, 0) is 15.8 Å². The lowest BCUT2D eigenvalue weighted by molar-refractivity contribution is 0.560. The summed E-state index contributed by atoms with van der Waals surface area (Å²) >= 11 is 1.54. The van der Waals surface area contributed by atoms with Crippen LogP contribution in [0.25, 0.3) is 0 Å². The molecule has 0 aliphatic carbocycles. The van der Waals surface area contributed by atoms with Gasteiger partial charge in [0.05, 0.1) is 5.75 Å². The number of rotatable bonds is 5. The highest BCUT2D eigenvalue weighted by atomic mass is 32.2. The van der Waals surface area contributed by atoms with Crippen molar-refractivity contribution >= 4 is 26.5 Å². The van der Waals surface area contributed by atoms with Crippen LogP contribution in [0.15, 0.2) is 35.8 Å². The molecule has 118 valence electrons. The summed E-state index contributed by atoms with van der Waals surface area (Å²) in [5.41, 5.74) is 0.447. The minimum absolute atomic E-state index is 0.137. The molecule has 0 unspecified atom stereocenters. The number of nitrogens with one attached hydrogen (secondary N) is 1. The first-order chi connectivity index (χ1) is 10.5. The van der Waals surface area contributed by atoms with Crippen LogP contribution in [0.2, 0.25) is 0 Å². The topological polar surface area (TPSA) is 62.3 Å². The van der Waals surface area contributed by atoms with Gasteiger partial charge in [-0.2, -0.15) is 0 Å². The Labute approximate surface area is 132 Å². The SMILES string of the molecule is O=S(=O)(Cc1cccc(F)c1)N[C@@H]1CCN(c2nccs2)C1. The summed E-state index contributed by atoms with van der Waals surface area (Å²) in [7, 11) is -3.49. The van der Waals surface area contributed by atoms with E-state index < -0.39 is 15.8 Å². The van der Waals surface area contributed by atoms with Crippen molar-refractivity contribution in [2.75, 3.05) is 18.0 Å². The summed E-state index contributed by atoms with van der Waals surface area (Å²) in [4.78, 5) is 6.30.